The van der Waals surface area contributed by atoms with Crippen LogP contribution in [0.2, 0.25) is 0 Å². The molecule has 1 aliphatic rings. The summed E-state index contributed by atoms with van der Waals surface area (Å²) < 4.78 is 0. The molecule has 0 atom stereocenters. The molecule has 1 aliphatic carbocycles. The third-order valence-electron chi connectivity index (χ3n) is 1.25. The van der Waals surface area contributed by atoms with E-state index in [1.165, 1.54) is 32.1 Å². The molecule has 0 aromatic carbocycles. The van der Waals surface area contributed by atoms with E-state index in [1.54, 1.807) is 0 Å². The summed E-state index contributed by atoms with van der Waals surface area (Å²) in [6.07, 6.45) is 7.50. The number of hydrogen-bond acceptors (Lipinski definition) is 0. The zero-order valence-corrected chi connectivity index (χ0v) is 6.84. The summed E-state index contributed by atoms with van der Waals surface area (Å²) >= 11 is 0. The fraction of sp³-hybridized carbons (Fsp3) is 1.00. The van der Waals surface area contributed by atoms with Gasteiger partial charge in [-0.15, -0.1) is 0 Å². The Morgan fingerprint density at radius 2 is 0.750 bits per heavy atom. The fourth-order valence-electron chi connectivity index (χ4n) is 0.884. The van der Waals surface area contributed by atoms with E-state index in [2.05, 4.69) is 0 Å². The van der Waals surface area contributed by atoms with E-state index in [9.17, 15) is 0 Å². The van der Waals surface area contributed by atoms with Crippen molar-refractivity contribution in [3.8, 4) is 0 Å². The Morgan fingerprint density at radius 3 is 0.875 bits per heavy atom. The van der Waals surface area contributed by atoms with Gasteiger partial charge < -0.3 is 0 Å². The second-order valence-corrected chi connectivity index (χ2v) is 1.77. The van der Waals surface area contributed by atoms with Gasteiger partial charge in [0, 0.05) is 16.5 Å². The van der Waals surface area contributed by atoms with E-state index in [4.69, 9.17) is 0 Å². The van der Waals surface area contributed by atoms with Crippen LogP contribution in [-0.4, -0.2) is 0 Å². The van der Waals surface area contributed by atoms with Gasteiger partial charge in [0.15, 0.2) is 0 Å². The molecule has 0 aliphatic heterocycles. The van der Waals surface area contributed by atoms with E-state index < -0.39 is 0 Å². The molecular weight excluding hydrogens is 143 g/mol. The molecule has 0 amide bonds. The predicted octanol–water partition coefficient (Wildman–Crippen LogP) is 2.97. The average molecular weight is 159 g/mol. The quantitative estimate of drug-likeness (QED) is 0.476. The van der Waals surface area contributed by atoms with Crippen molar-refractivity contribution in [2.24, 2.45) is 0 Å². The molecule has 0 saturated heterocycles. The van der Waals surface area contributed by atoms with Crippen LogP contribution < -0.4 is 0 Å². The van der Waals surface area contributed by atoms with E-state index in [-0.39, 0.29) is 16.5 Å². The summed E-state index contributed by atoms with van der Waals surface area (Å²) in [7, 11) is 0. The van der Waals surface area contributed by atoms with E-state index in [0.717, 1.165) is 0 Å². The molecule has 1 fully saturated rings. The normalized spacial score (nSPS) is 15.8. The SMILES string of the molecule is C1CCCC1.CC.[Ni]. The fourth-order valence-corrected chi connectivity index (χ4v) is 0.884. The van der Waals surface area contributed by atoms with Crippen LogP contribution in [0.3, 0.4) is 0 Å². The molecule has 0 radical (unpaired) electrons. The minimum Gasteiger partial charge on any atom is -0.0683 e. The van der Waals surface area contributed by atoms with Crippen LogP contribution in [0.1, 0.15) is 46.0 Å². The van der Waals surface area contributed by atoms with E-state index in [1.807, 2.05) is 13.8 Å². The molecule has 54 valence electrons. The second kappa shape index (κ2) is 10.5. The van der Waals surface area contributed by atoms with Gasteiger partial charge in [-0.1, -0.05) is 46.0 Å². The summed E-state index contributed by atoms with van der Waals surface area (Å²) in [5, 5.41) is 0. The van der Waals surface area contributed by atoms with Crippen molar-refractivity contribution in [2.45, 2.75) is 46.0 Å². The summed E-state index contributed by atoms with van der Waals surface area (Å²) in [5.41, 5.74) is 0. The van der Waals surface area contributed by atoms with Gasteiger partial charge in [-0.05, 0) is 0 Å². The summed E-state index contributed by atoms with van der Waals surface area (Å²) in [6.45, 7) is 4.00. The van der Waals surface area contributed by atoms with Gasteiger partial charge in [0.2, 0.25) is 0 Å². The molecule has 0 N–H and O–H groups in total. The molecule has 1 rings (SSSR count). The minimum absolute atomic E-state index is 0. The van der Waals surface area contributed by atoms with Crippen molar-refractivity contribution in [1.29, 1.82) is 0 Å². The maximum atomic E-state index is 2.00. The van der Waals surface area contributed by atoms with Crippen molar-refractivity contribution >= 4 is 0 Å². The third kappa shape index (κ3) is 6.49. The van der Waals surface area contributed by atoms with Gasteiger partial charge in [-0.2, -0.15) is 0 Å². The predicted molar refractivity (Wildman–Crippen MR) is 34.4 cm³/mol. The molecular formula is C7H16Ni. The molecule has 8 heavy (non-hydrogen) atoms. The molecule has 0 heterocycles. The molecule has 0 aromatic heterocycles. The largest absolute Gasteiger partial charge is 0.0683 e. The van der Waals surface area contributed by atoms with Gasteiger partial charge in [0.25, 0.3) is 0 Å². The molecule has 0 nitrogen and oxygen atoms in total. The molecule has 0 bridgehead atoms. The van der Waals surface area contributed by atoms with Crippen LogP contribution in [-0.2, 0) is 16.5 Å². The molecule has 1 heteroatoms. The minimum atomic E-state index is 0. The van der Waals surface area contributed by atoms with Gasteiger partial charge in [-0.3, -0.25) is 0 Å². The number of rotatable bonds is 0. The van der Waals surface area contributed by atoms with E-state index in [0.29, 0.717) is 0 Å². The first-order valence-corrected chi connectivity index (χ1v) is 3.50. The van der Waals surface area contributed by atoms with Crippen molar-refractivity contribution < 1.29 is 16.5 Å². The zero-order valence-electron chi connectivity index (χ0n) is 5.85. The van der Waals surface area contributed by atoms with Gasteiger partial charge in [-0.25, -0.2) is 0 Å². The Labute approximate surface area is 63.0 Å². The monoisotopic (exact) mass is 158 g/mol. The van der Waals surface area contributed by atoms with Gasteiger partial charge >= 0.3 is 0 Å². The molecule has 1 saturated carbocycles. The summed E-state index contributed by atoms with van der Waals surface area (Å²) in [4.78, 5) is 0. The van der Waals surface area contributed by atoms with Crippen molar-refractivity contribution in [2.75, 3.05) is 0 Å². The van der Waals surface area contributed by atoms with Crippen LogP contribution >= 0.6 is 0 Å². The van der Waals surface area contributed by atoms with Crippen LogP contribution in [0.4, 0.5) is 0 Å². The Balaban J connectivity index is 0. The molecule has 0 unspecified atom stereocenters. The first-order chi connectivity index (χ1) is 3.50. The maximum absolute atomic E-state index is 2.00. The first-order valence-electron chi connectivity index (χ1n) is 3.50. The van der Waals surface area contributed by atoms with Crippen LogP contribution in [0.15, 0.2) is 0 Å². The summed E-state index contributed by atoms with van der Waals surface area (Å²) in [6, 6.07) is 0. The summed E-state index contributed by atoms with van der Waals surface area (Å²) in [5.74, 6) is 0. The smallest absolute Gasteiger partial charge is 0 e. The Hall–Kier alpha value is 0.494. The third-order valence-corrected chi connectivity index (χ3v) is 1.25. The molecule has 0 spiro atoms. The maximum Gasteiger partial charge on any atom is 0 e. The van der Waals surface area contributed by atoms with Crippen molar-refractivity contribution in [3.05, 3.63) is 0 Å². The second-order valence-electron chi connectivity index (χ2n) is 1.77. The zero-order chi connectivity index (χ0) is 5.54. The number of hydrogen-bond donors (Lipinski definition) is 0. The van der Waals surface area contributed by atoms with Crippen molar-refractivity contribution in [3.63, 3.8) is 0 Å². The van der Waals surface area contributed by atoms with Crippen LogP contribution in [0.25, 0.3) is 0 Å². The first kappa shape index (κ1) is 11.3. The standard InChI is InChI=1S/C5H10.C2H6.Ni/c1-2-4-5-3-1;1-2;/h1-5H2;1-2H3;. The average Bonchev–Trinajstić information content (AvgIpc) is 2.23. The Morgan fingerprint density at radius 1 is 0.625 bits per heavy atom. The van der Waals surface area contributed by atoms with Crippen LogP contribution in [0.5, 0.6) is 0 Å². The van der Waals surface area contributed by atoms with Crippen LogP contribution in [0, 0.1) is 0 Å². The van der Waals surface area contributed by atoms with Crippen molar-refractivity contribution in [1.82, 2.24) is 0 Å². The van der Waals surface area contributed by atoms with Gasteiger partial charge in [0.05, 0.1) is 0 Å². The Kier molecular flexibility index (Phi) is 14.8. The Bertz CT molecular complexity index is 16.0. The molecule has 0 aromatic rings. The van der Waals surface area contributed by atoms with Gasteiger partial charge in [0.1, 0.15) is 0 Å². The topological polar surface area (TPSA) is 0 Å². The van der Waals surface area contributed by atoms with E-state index >= 15 is 0 Å².